The van der Waals surface area contributed by atoms with Crippen molar-refractivity contribution in [2.75, 3.05) is 36.8 Å². The van der Waals surface area contributed by atoms with E-state index in [0.717, 1.165) is 18.2 Å². The molecule has 1 unspecified atom stereocenters. The lowest BCUT2D eigenvalue weighted by atomic mass is 9.99. The number of pyridine rings is 3. The molecule has 0 aliphatic heterocycles. The van der Waals surface area contributed by atoms with E-state index < -0.39 is 94.2 Å². The number of ketones is 3. The molecule has 28 nitrogen and oxygen atoms in total. The molecule has 35 heteroatoms. The number of aromatic nitrogens is 3. The standard InChI is InChI=1S/C22H19Cl2N3O6.C21H17Cl2N3O6.C15H15ClN2O5S.C8H8ClNO2/c1-10(2)8-16(28)18-20(29)17-15(27(31)32)7-5-12(23)19(17)26-21(18)25-14-6-4-11(9-13(14)24)22(30)33-3;1-9(2)7-15(27)17-19(28)16-14(26(31)32)6-4-11(22)18(16)25-20(17)24-13-5-3-10(21(29)30)8-12(13)23;1-7(2)6-10(19)12-14(20)11-9(18(21)22)5-4-8(16)13(11)17-15(12)24(3)23;1-12-8(11)5-2-3-7(10)6(9)4-5/h4-7,9-10H,8H2,1-3H3,(H2,25,26,29);3-6,8-9H,7H2,1-2H3,(H,29,30)(H2,24,25,28);4-5,7H,6H2,1-3H3,(H,17,20);2-4H,10H2,1H3. The van der Waals surface area contributed by atoms with Crippen LogP contribution in [-0.4, -0.2) is 94.8 Å². The number of methoxy groups -OCH3 is 2. The van der Waals surface area contributed by atoms with Gasteiger partial charge in [0.15, 0.2) is 17.3 Å². The van der Waals surface area contributed by atoms with E-state index in [0.29, 0.717) is 16.3 Å². The summed E-state index contributed by atoms with van der Waals surface area (Å²) in [5, 5.41) is 48.8. The Morgan fingerprint density at radius 2 is 0.812 bits per heavy atom. The number of hydrogen-bond donors (Lipinski definition) is 7. The number of nitrogens with one attached hydrogen (secondary N) is 5. The van der Waals surface area contributed by atoms with Crippen LogP contribution in [0.25, 0.3) is 32.7 Å². The van der Waals surface area contributed by atoms with Gasteiger partial charge in [-0.05, 0) is 90.6 Å². The first-order valence-corrected chi connectivity index (χ1v) is 33.3. The van der Waals surface area contributed by atoms with Crippen molar-refractivity contribution in [1.29, 1.82) is 0 Å². The van der Waals surface area contributed by atoms with Crippen LogP contribution in [-0.2, 0) is 20.3 Å². The molecule has 0 spiro atoms. The predicted molar refractivity (Wildman–Crippen MR) is 387 cm³/mol. The molecule has 0 amide bonds. The number of rotatable bonds is 20. The number of nitrogen functional groups attached to an aromatic ring is 1. The van der Waals surface area contributed by atoms with Gasteiger partial charge in [-0.1, -0.05) is 111 Å². The summed E-state index contributed by atoms with van der Waals surface area (Å²) in [4.78, 5) is 152. The topological polar surface area (TPSA) is 436 Å². The molecule has 0 bridgehead atoms. The third-order valence-corrected chi connectivity index (χ3v) is 17.0. The lowest BCUT2D eigenvalue weighted by Crippen LogP contribution is -2.22. The van der Waals surface area contributed by atoms with Gasteiger partial charge < -0.3 is 45.9 Å². The number of ether oxygens (including phenoxy) is 2. The second-order valence-electron chi connectivity index (χ2n) is 23.0. The van der Waals surface area contributed by atoms with Crippen LogP contribution in [0.2, 0.25) is 30.1 Å². The van der Waals surface area contributed by atoms with Crippen LogP contribution < -0.4 is 32.7 Å². The first kappa shape index (κ1) is 79.8. The first-order valence-electron chi connectivity index (χ1n) is 29.4. The molecule has 0 saturated heterocycles. The molecule has 0 fully saturated rings. The summed E-state index contributed by atoms with van der Waals surface area (Å²) >= 11 is 36.6. The van der Waals surface area contributed by atoms with E-state index in [-0.39, 0.29) is 151 Å². The molecule has 1 atom stereocenters. The minimum atomic E-state index is -1.67. The van der Waals surface area contributed by atoms with E-state index in [2.05, 4.69) is 35.1 Å². The van der Waals surface area contributed by atoms with Gasteiger partial charge in [0.1, 0.15) is 43.9 Å². The summed E-state index contributed by atoms with van der Waals surface area (Å²) in [6.07, 6.45) is 1.43. The number of carboxylic acids is 1. The fourth-order valence-electron chi connectivity index (χ4n) is 9.73. The number of hydrogen-bond acceptors (Lipinski definition) is 21. The van der Waals surface area contributed by atoms with Crippen molar-refractivity contribution < 1.29 is 62.3 Å². The Morgan fingerprint density at radius 1 is 0.495 bits per heavy atom. The van der Waals surface area contributed by atoms with Crippen molar-refractivity contribution in [2.24, 2.45) is 17.8 Å². The first-order chi connectivity index (χ1) is 47.3. The van der Waals surface area contributed by atoms with E-state index in [1.807, 2.05) is 13.8 Å². The van der Waals surface area contributed by atoms with Crippen LogP contribution in [0.4, 0.5) is 45.8 Å². The monoisotopic (exact) mass is 1520 g/mol. The average molecular weight is 1530 g/mol. The maximum Gasteiger partial charge on any atom is 0.337 e. The van der Waals surface area contributed by atoms with Gasteiger partial charge in [-0.15, -0.1) is 0 Å². The van der Waals surface area contributed by atoms with Crippen LogP contribution in [0.3, 0.4) is 0 Å². The molecule has 6 aromatic carbocycles. The number of H-pyrrole nitrogens is 3. The normalized spacial score (nSPS) is 11.2. The zero-order valence-corrected chi connectivity index (χ0v) is 59.8. The van der Waals surface area contributed by atoms with Gasteiger partial charge in [-0.25, -0.2) is 14.4 Å². The second-order valence-corrected chi connectivity index (χ2v) is 26.7. The van der Waals surface area contributed by atoms with Crippen LogP contribution in [0.1, 0.15) is 123 Å². The minimum Gasteiger partial charge on any atom is -0.478 e. The largest absolute Gasteiger partial charge is 0.478 e. The van der Waals surface area contributed by atoms with Gasteiger partial charge >= 0.3 is 17.9 Å². The van der Waals surface area contributed by atoms with E-state index in [9.17, 15) is 77.7 Å². The number of non-ortho nitro benzene ring substituents is 3. The van der Waals surface area contributed by atoms with E-state index in [1.54, 1.807) is 39.8 Å². The Labute approximate surface area is 603 Å². The van der Waals surface area contributed by atoms with E-state index in [1.165, 1.54) is 81.1 Å². The Balaban J connectivity index is 0.000000222. The van der Waals surface area contributed by atoms with Gasteiger partial charge in [0.2, 0.25) is 16.3 Å². The second kappa shape index (κ2) is 34.3. The number of carbonyl (C=O) groups excluding carboxylic acids is 5. The molecule has 8 N–H and O–H groups in total. The third-order valence-electron chi connectivity index (χ3n) is 14.3. The van der Waals surface area contributed by atoms with Crippen molar-refractivity contribution >= 4 is 194 Å². The van der Waals surface area contributed by atoms with Gasteiger partial charge in [-0.2, -0.15) is 0 Å². The molecule has 0 radical (unpaired) electrons. The van der Waals surface area contributed by atoms with Crippen LogP contribution >= 0.6 is 69.6 Å². The SMILES string of the molecule is CC(C)CC(=O)c1c(Nc2ccc(C(=O)O)cc2Cl)[nH]c2c(Cl)ccc([N+](=O)[O-])c2c1=O.CC(C)CC(=O)c1c(S(C)=O)[nH]c2c(Cl)ccc([N+](=O)[O-])c2c1=O.COC(=O)c1ccc(N)c(Cl)c1.COC(=O)c1ccc(Nc2[nH]c3c(Cl)ccc([N+](=O)[O-])c3c(=O)c2C(=O)CC(C)C)c(Cl)c1. The van der Waals surface area contributed by atoms with Gasteiger partial charge in [0.05, 0.1) is 126 Å². The van der Waals surface area contributed by atoms with E-state index in [4.69, 9.17) is 80.4 Å². The number of anilines is 5. The highest BCUT2D eigenvalue weighted by atomic mass is 35.5. The van der Waals surface area contributed by atoms with Gasteiger partial charge in [-0.3, -0.25) is 63.3 Å². The summed E-state index contributed by atoms with van der Waals surface area (Å²) in [5.41, 5.74) is 2.11. The van der Waals surface area contributed by atoms with Crippen LogP contribution in [0.5, 0.6) is 0 Å². The number of carboxylic acid groups (broad SMARTS) is 1. The maximum atomic E-state index is 13.4. The van der Waals surface area contributed by atoms with Crippen molar-refractivity contribution in [2.45, 2.75) is 65.8 Å². The van der Waals surface area contributed by atoms with Crippen molar-refractivity contribution in [3.8, 4) is 0 Å². The fraction of sp³-hybridized carbons (Fsp3) is 0.227. The Kier molecular flexibility index (Phi) is 27.1. The quantitative estimate of drug-likeness (QED) is 0.0122. The molecule has 9 aromatic rings. The Hall–Kier alpha value is -10.1. The number of carbonyl (C=O) groups is 6. The average Bonchev–Trinajstić information content (AvgIpc) is 0.766. The highest BCUT2D eigenvalue weighted by Crippen LogP contribution is 2.37. The number of Topliss-reactive ketones (excluding diaryl/α,β-unsaturated/α-hetero) is 3. The molecule has 0 saturated carbocycles. The number of benzene rings is 6. The molecule has 3 heterocycles. The lowest BCUT2D eigenvalue weighted by molar-refractivity contribution is -0.383. The number of aromatic carboxylic acids is 1. The number of nitro groups is 3. The number of nitrogens with two attached hydrogens (primary N) is 1. The molecular formula is C66H59Cl6N9O19S. The lowest BCUT2D eigenvalue weighted by Gasteiger charge is -2.15. The summed E-state index contributed by atoms with van der Waals surface area (Å²) < 4.78 is 21.2. The zero-order chi connectivity index (χ0) is 75.5. The fourth-order valence-corrected chi connectivity index (χ4v) is 11.7. The number of aromatic amines is 3. The third kappa shape index (κ3) is 18.8. The zero-order valence-electron chi connectivity index (χ0n) is 54.4. The van der Waals surface area contributed by atoms with E-state index >= 15 is 0 Å². The number of nitrogens with zero attached hydrogens (tertiary/aromatic N) is 3. The maximum absolute atomic E-state index is 13.4. The predicted octanol–water partition coefficient (Wildman–Crippen LogP) is 15.7. The van der Waals surface area contributed by atoms with Crippen LogP contribution in [0, 0.1) is 48.1 Å². The number of nitro benzene ring substituents is 3. The van der Waals surface area contributed by atoms with Crippen molar-refractivity contribution in [3.05, 3.63) is 216 Å². The molecule has 101 heavy (non-hydrogen) atoms. The molecule has 0 aliphatic carbocycles. The Bertz CT molecular complexity index is 5120. The summed E-state index contributed by atoms with van der Waals surface area (Å²) in [7, 11) is 0.873. The summed E-state index contributed by atoms with van der Waals surface area (Å²) in [6, 6.07) is 19.9. The molecule has 9 rings (SSSR count). The van der Waals surface area contributed by atoms with Gasteiger partial charge in [0, 0.05) is 43.7 Å². The highest BCUT2D eigenvalue weighted by molar-refractivity contribution is 7.84. The summed E-state index contributed by atoms with van der Waals surface area (Å²) in [6.45, 7) is 10.8. The molecule has 3 aromatic heterocycles. The minimum absolute atomic E-state index is 0.00164. The van der Waals surface area contributed by atoms with Crippen LogP contribution in [0.15, 0.2) is 110 Å². The molecule has 0 aliphatic rings. The van der Waals surface area contributed by atoms with Gasteiger partial charge in [0.25, 0.3) is 17.1 Å². The Morgan fingerprint density at radius 3 is 1.13 bits per heavy atom. The molecule has 530 valence electrons. The van der Waals surface area contributed by atoms with Crippen molar-refractivity contribution in [1.82, 2.24) is 15.0 Å². The summed E-state index contributed by atoms with van der Waals surface area (Å²) in [5.74, 6) is -3.99. The number of halogens is 6. The highest BCUT2D eigenvalue weighted by Gasteiger charge is 2.31. The smallest absolute Gasteiger partial charge is 0.337 e. The van der Waals surface area contributed by atoms with Crippen molar-refractivity contribution in [3.63, 3.8) is 0 Å². The molecular weight excluding hydrogens is 1470 g/mol. The number of esters is 2. The number of fused-ring (bicyclic) bond motifs is 3.